The van der Waals surface area contributed by atoms with Gasteiger partial charge >= 0.3 is 0 Å². The van der Waals surface area contributed by atoms with Crippen LogP contribution in [0.4, 0.5) is 0 Å². The Hall–Kier alpha value is -3.09. The number of guanidine groups is 1. The van der Waals surface area contributed by atoms with Gasteiger partial charge in [0.2, 0.25) is 5.91 Å². The first-order valence-electron chi connectivity index (χ1n) is 9.33. The number of nitrogens with one attached hydrogen (secondary N) is 2. The third-order valence-corrected chi connectivity index (χ3v) is 4.35. The van der Waals surface area contributed by atoms with Gasteiger partial charge in [-0.1, -0.05) is 18.2 Å². The number of benzene rings is 1. The van der Waals surface area contributed by atoms with Crippen LogP contribution in [0.15, 0.2) is 53.7 Å². The number of hydrogen-bond acceptors (Lipinski definition) is 4. The number of likely N-dealkylation sites (N-methyl/N-ethyl adjacent to an activating group) is 1. The molecule has 2 aromatic rings. The zero-order valence-corrected chi connectivity index (χ0v) is 16.8. The highest BCUT2D eigenvalue weighted by Crippen LogP contribution is 2.11. The van der Waals surface area contributed by atoms with E-state index in [1.165, 1.54) is 5.56 Å². The number of ether oxygens (including phenoxy) is 1. The van der Waals surface area contributed by atoms with Crippen molar-refractivity contribution in [3.63, 3.8) is 0 Å². The minimum absolute atomic E-state index is 0.00837. The van der Waals surface area contributed by atoms with Crippen LogP contribution in [0.2, 0.25) is 0 Å². The van der Waals surface area contributed by atoms with E-state index in [2.05, 4.69) is 20.6 Å². The van der Waals surface area contributed by atoms with Gasteiger partial charge in [0.25, 0.3) is 0 Å². The Morgan fingerprint density at radius 3 is 2.57 bits per heavy atom. The quantitative estimate of drug-likeness (QED) is 0.507. The molecule has 2 rings (SSSR count). The van der Waals surface area contributed by atoms with Gasteiger partial charge < -0.3 is 20.3 Å². The van der Waals surface area contributed by atoms with E-state index >= 15 is 0 Å². The Morgan fingerprint density at radius 1 is 1.14 bits per heavy atom. The Balaban J connectivity index is 1.67. The first-order chi connectivity index (χ1) is 13.6. The first kappa shape index (κ1) is 21.2. The number of aliphatic imine (C=N–C) groups is 1. The zero-order valence-electron chi connectivity index (χ0n) is 16.8. The van der Waals surface area contributed by atoms with E-state index in [-0.39, 0.29) is 12.5 Å². The van der Waals surface area contributed by atoms with Gasteiger partial charge in [0.05, 0.1) is 13.7 Å². The summed E-state index contributed by atoms with van der Waals surface area (Å²) >= 11 is 0. The Labute approximate surface area is 166 Å². The van der Waals surface area contributed by atoms with Crippen molar-refractivity contribution in [3.05, 3.63) is 59.9 Å². The van der Waals surface area contributed by atoms with E-state index in [4.69, 9.17) is 4.74 Å². The molecular formula is C21H29N5O2. The molecule has 0 saturated carbocycles. The van der Waals surface area contributed by atoms with Gasteiger partial charge in [0.15, 0.2) is 5.96 Å². The Morgan fingerprint density at radius 2 is 1.93 bits per heavy atom. The molecule has 0 radical (unpaired) electrons. The van der Waals surface area contributed by atoms with Crippen LogP contribution >= 0.6 is 0 Å². The number of aromatic nitrogens is 1. The average molecular weight is 383 g/mol. The van der Waals surface area contributed by atoms with E-state index in [9.17, 15) is 4.79 Å². The molecule has 7 nitrogen and oxygen atoms in total. The van der Waals surface area contributed by atoms with Crippen molar-refractivity contribution in [1.29, 1.82) is 0 Å². The monoisotopic (exact) mass is 383 g/mol. The number of methoxy groups -OCH3 is 1. The summed E-state index contributed by atoms with van der Waals surface area (Å²) < 4.78 is 5.16. The molecule has 2 N–H and O–H groups in total. The fraction of sp³-hybridized carbons (Fsp3) is 0.381. The number of carbonyl (C=O) groups excluding carboxylic acids is 1. The number of nitrogens with zero attached hydrogens (tertiary/aromatic N) is 3. The zero-order chi connectivity index (χ0) is 20.2. The van der Waals surface area contributed by atoms with Gasteiger partial charge in [-0.25, -0.2) is 0 Å². The molecule has 28 heavy (non-hydrogen) atoms. The smallest absolute Gasteiger partial charge is 0.241 e. The second-order valence-corrected chi connectivity index (χ2v) is 6.34. The summed E-state index contributed by atoms with van der Waals surface area (Å²) in [4.78, 5) is 22.4. The van der Waals surface area contributed by atoms with Crippen LogP contribution in [-0.2, 0) is 17.6 Å². The molecule has 0 aliphatic rings. The van der Waals surface area contributed by atoms with Crippen molar-refractivity contribution in [2.75, 3.05) is 40.8 Å². The molecule has 1 aromatic carbocycles. The van der Waals surface area contributed by atoms with Crippen molar-refractivity contribution in [3.8, 4) is 5.75 Å². The lowest BCUT2D eigenvalue weighted by Crippen LogP contribution is -2.44. The first-order valence-corrected chi connectivity index (χ1v) is 9.33. The van der Waals surface area contributed by atoms with Gasteiger partial charge in [-0.15, -0.1) is 0 Å². The fourth-order valence-electron chi connectivity index (χ4n) is 2.59. The van der Waals surface area contributed by atoms with Gasteiger partial charge in [0, 0.05) is 45.5 Å². The lowest BCUT2D eigenvalue weighted by Gasteiger charge is -2.18. The van der Waals surface area contributed by atoms with Crippen molar-refractivity contribution in [2.45, 2.75) is 12.8 Å². The molecule has 0 saturated heterocycles. The van der Waals surface area contributed by atoms with Crippen LogP contribution in [0.25, 0.3) is 0 Å². The standard InChI is InChI=1S/C21H29N5O2/c1-22-21(24-14-11-17-7-9-19(28-3)10-8-17)25-16-20(27)26(2)15-12-18-6-4-5-13-23-18/h4-10,13H,11-12,14-16H2,1-3H3,(H2,22,24,25). The summed E-state index contributed by atoms with van der Waals surface area (Å²) in [6, 6.07) is 13.8. The Bertz CT molecular complexity index is 747. The number of carbonyl (C=O) groups is 1. The van der Waals surface area contributed by atoms with E-state index < -0.39 is 0 Å². The van der Waals surface area contributed by atoms with E-state index in [0.29, 0.717) is 12.5 Å². The van der Waals surface area contributed by atoms with Crippen molar-refractivity contribution < 1.29 is 9.53 Å². The largest absolute Gasteiger partial charge is 0.497 e. The molecule has 7 heteroatoms. The van der Waals surface area contributed by atoms with Gasteiger partial charge in [0.1, 0.15) is 5.75 Å². The minimum atomic E-state index is 0.00837. The average Bonchev–Trinajstić information content (AvgIpc) is 2.75. The molecule has 0 bridgehead atoms. The van der Waals surface area contributed by atoms with Crippen molar-refractivity contribution in [1.82, 2.24) is 20.5 Å². The predicted octanol–water partition coefficient (Wildman–Crippen LogP) is 1.50. The van der Waals surface area contributed by atoms with Gasteiger partial charge in [-0.2, -0.15) is 0 Å². The van der Waals surface area contributed by atoms with Crippen LogP contribution in [0.5, 0.6) is 5.75 Å². The summed E-state index contributed by atoms with van der Waals surface area (Å²) in [5.74, 6) is 1.47. The number of amides is 1. The molecule has 1 amide bonds. The van der Waals surface area contributed by atoms with Gasteiger partial charge in [-0.05, 0) is 36.2 Å². The maximum atomic E-state index is 12.3. The van der Waals surface area contributed by atoms with E-state index in [1.807, 2.05) is 42.5 Å². The van der Waals surface area contributed by atoms with Crippen molar-refractivity contribution in [2.24, 2.45) is 4.99 Å². The SMILES string of the molecule is CN=C(NCCc1ccc(OC)cc1)NCC(=O)N(C)CCc1ccccn1. The molecule has 1 aromatic heterocycles. The summed E-state index contributed by atoms with van der Waals surface area (Å²) in [6.07, 6.45) is 3.35. The summed E-state index contributed by atoms with van der Waals surface area (Å²) in [6.45, 7) is 1.54. The van der Waals surface area contributed by atoms with E-state index in [0.717, 1.165) is 30.8 Å². The summed E-state index contributed by atoms with van der Waals surface area (Å²) in [5, 5.41) is 6.29. The highest BCUT2D eigenvalue weighted by atomic mass is 16.5. The maximum absolute atomic E-state index is 12.3. The number of rotatable bonds is 9. The molecule has 0 atom stereocenters. The van der Waals surface area contributed by atoms with Crippen LogP contribution in [0.1, 0.15) is 11.3 Å². The molecule has 0 aliphatic carbocycles. The topological polar surface area (TPSA) is 78.9 Å². The third-order valence-electron chi connectivity index (χ3n) is 4.35. The second-order valence-electron chi connectivity index (χ2n) is 6.34. The Kier molecular flexibility index (Phi) is 8.78. The molecule has 0 aliphatic heterocycles. The lowest BCUT2D eigenvalue weighted by molar-refractivity contribution is -0.128. The minimum Gasteiger partial charge on any atom is -0.497 e. The third kappa shape index (κ3) is 7.26. The predicted molar refractivity (Wildman–Crippen MR) is 112 cm³/mol. The number of pyridine rings is 1. The van der Waals surface area contributed by atoms with Gasteiger partial charge in [-0.3, -0.25) is 14.8 Å². The van der Waals surface area contributed by atoms with Crippen LogP contribution < -0.4 is 15.4 Å². The maximum Gasteiger partial charge on any atom is 0.241 e. The molecule has 1 heterocycles. The molecular weight excluding hydrogens is 354 g/mol. The van der Waals surface area contributed by atoms with Crippen molar-refractivity contribution >= 4 is 11.9 Å². The lowest BCUT2D eigenvalue weighted by atomic mass is 10.1. The van der Waals surface area contributed by atoms with Crippen LogP contribution in [-0.4, -0.2) is 62.6 Å². The molecule has 0 fully saturated rings. The highest BCUT2D eigenvalue weighted by Gasteiger charge is 2.09. The number of hydrogen-bond donors (Lipinski definition) is 2. The fourth-order valence-corrected chi connectivity index (χ4v) is 2.59. The normalized spacial score (nSPS) is 11.0. The molecule has 0 unspecified atom stereocenters. The van der Waals surface area contributed by atoms with Crippen LogP contribution in [0, 0.1) is 0 Å². The van der Waals surface area contributed by atoms with E-state index in [1.54, 1.807) is 32.3 Å². The summed E-state index contributed by atoms with van der Waals surface area (Å²) in [5.41, 5.74) is 2.18. The highest BCUT2D eigenvalue weighted by molar-refractivity contribution is 5.86. The second kappa shape index (κ2) is 11.6. The summed E-state index contributed by atoms with van der Waals surface area (Å²) in [7, 11) is 5.15. The van der Waals surface area contributed by atoms with Crippen LogP contribution in [0.3, 0.4) is 0 Å². The molecule has 150 valence electrons. The molecule has 0 spiro atoms.